The Hall–Kier alpha value is -1.51. The van der Waals surface area contributed by atoms with Crippen molar-refractivity contribution in [2.45, 2.75) is 71.1 Å². The van der Waals surface area contributed by atoms with Gasteiger partial charge in [-0.3, -0.25) is 19.3 Å². The van der Waals surface area contributed by atoms with Gasteiger partial charge >= 0.3 is 5.97 Å². The van der Waals surface area contributed by atoms with Crippen molar-refractivity contribution in [1.29, 1.82) is 0 Å². The number of methoxy groups -OCH3 is 1. The van der Waals surface area contributed by atoms with E-state index in [1.54, 1.807) is 18.9 Å². The molecular formula is C23H41N3O5. The number of nitrogens with one attached hydrogen (secondary N) is 1. The molecule has 2 fully saturated rings. The molecule has 31 heavy (non-hydrogen) atoms. The van der Waals surface area contributed by atoms with Crippen LogP contribution in [-0.4, -0.2) is 92.1 Å². The Morgan fingerprint density at radius 1 is 1.35 bits per heavy atom. The van der Waals surface area contributed by atoms with Gasteiger partial charge in [0.15, 0.2) is 0 Å². The van der Waals surface area contributed by atoms with Crippen LogP contribution in [0.25, 0.3) is 0 Å². The highest BCUT2D eigenvalue weighted by atomic mass is 16.6. The summed E-state index contributed by atoms with van der Waals surface area (Å²) in [4.78, 5) is 42.0. The van der Waals surface area contributed by atoms with Gasteiger partial charge in [-0.15, -0.1) is 0 Å². The van der Waals surface area contributed by atoms with E-state index >= 15 is 0 Å². The third-order valence-electron chi connectivity index (χ3n) is 6.74. The van der Waals surface area contributed by atoms with Crippen LogP contribution in [0.15, 0.2) is 0 Å². The number of carbonyl (C=O) groups is 3. The summed E-state index contributed by atoms with van der Waals surface area (Å²) in [7, 11) is 3.60. The van der Waals surface area contributed by atoms with Crippen LogP contribution < -0.4 is 5.32 Å². The minimum absolute atomic E-state index is 0.00350. The van der Waals surface area contributed by atoms with Gasteiger partial charge < -0.3 is 19.7 Å². The molecule has 4 atom stereocenters. The fraction of sp³-hybridized carbons (Fsp3) is 0.870. The number of hydrogen-bond acceptors (Lipinski definition) is 7. The zero-order chi connectivity index (χ0) is 23.2. The number of Topliss-reactive ketones (excluding diaryl/α,β-unsaturated/α-hetero) is 1. The van der Waals surface area contributed by atoms with Crippen LogP contribution in [0.2, 0.25) is 0 Å². The number of amides is 1. The van der Waals surface area contributed by atoms with Gasteiger partial charge in [0.2, 0.25) is 5.91 Å². The maximum absolute atomic E-state index is 12.8. The molecule has 2 rings (SSSR count). The normalized spacial score (nSPS) is 31.5. The van der Waals surface area contributed by atoms with E-state index < -0.39 is 17.5 Å². The molecular weight excluding hydrogens is 398 g/mol. The molecule has 2 aliphatic rings. The Morgan fingerprint density at radius 2 is 2.06 bits per heavy atom. The summed E-state index contributed by atoms with van der Waals surface area (Å²) in [5.74, 6) is -1.05. The van der Waals surface area contributed by atoms with Crippen LogP contribution >= 0.6 is 0 Å². The fourth-order valence-electron chi connectivity index (χ4n) is 4.18. The van der Waals surface area contributed by atoms with E-state index in [2.05, 4.69) is 12.2 Å². The molecule has 0 aromatic carbocycles. The van der Waals surface area contributed by atoms with Gasteiger partial charge in [-0.2, -0.15) is 0 Å². The predicted octanol–water partition coefficient (Wildman–Crippen LogP) is 1.47. The molecule has 0 radical (unpaired) electrons. The lowest BCUT2D eigenvalue weighted by Gasteiger charge is -2.31. The average Bonchev–Trinajstić information content (AvgIpc) is 3.13. The molecule has 2 heterocycles. The van der Waals surface area contributed by atoms with Crippen molar-refractivity contribution in [3.63, 3.8) is 0 Å². The van der Waals surface area contributed by atoms with Gasteiger partial charge in [-0.1, -0.05) is 6.92 Å². The van der Waals surface area contributed by atoms with E-state index in [1.165, 1.54) is 0 Å². The summed E-state index contributed by atoms with van der Waals surface area (Å²) >= 11 is 0. The van der Waals surface area contributed by atoms with Gasteiger partial charge in [0.1, 0.15) is 17.3 Å². The van der Waals surface area contributed by atoms with Crippen LogP contribution in [0.3, 0.4) is 0 Å². The van der Waals surface area contributed by atoms with E-state index in [9.17, 15) is 14.4 Å². The van der Waals surface area contributed by atoms with Gasteiger partial charge in [0, 0.05) is 39.1 Å². The molecule has 3 unspecified atom stereocenters. The Balaban J connectivity index is 2.13. The zero-order valence-electron chi connectivity index (χ0n) is 20.1. The van der Waals surface area contributed by atoms with E-state index in [4.69, 9.17) is 9.47 Å². The topological polar surface area (TPSA) is 88.2 Å². The molecule has 1 N–H and O–H groups in total. The third kappa shape index (κ3) is 7.26. The molecule has 0 saturated carbocycles. The summed E-state index contributed by atoms with van der Waals surface area (Å²) < 4.78 is 11.5. The van der Waals surface area contributed by atoms with Crippen molar-refractivity contribution in [3.05, 3.63) is 0 Å². The Labute approximate surface area is 187 Å². The van der Waals surface area contributed by atoms with E-state index in [0.717, 1.165) is 13.0 Å². The van der Waals surface area contributed by atoms with Gasteiger partial charge in [0.25, 0.3) is 0 Å². The molecule has 8 heteroatoms. The maximum atomic E-state index is 12.8. The Bertz CT molecular complexity index is 641. The number of hydrogen-bond donors (Lipinski definition) is 1. The van der Waals surface area contributed by atoms with Gasteiger partial charge in [-0.05, 0) is 53.1 Å². The minimum atomic E-state index is -0.815. The number of likely N-dealkylation sites (tertiary alicyclic amines) is 1. The second-order valence-corrected chi connectivity index (χ2v) is 9.73. The monoisotopic (exact) mass is 439 g/mol. The Morgan fingerprint density at radius 3 is 2.71 bits per heavy atom. The fourth-order valence-corrected chi connectivity index (χ4v) is 4.18. The van der Waals surface area contributed by atoms with Crippen molar-refractivity contribution in [1.82, 2.24) is 15.1 Å². The molecule has 0 aromatic rings. The number of ketones is 1. The largest absolute Gasteiger partial charge is 0.455 e. The van der Waals surface area contributed by atoms with Crippen molar-refractivity contribution in [2.24, 2.45) is 11.8 Å². The SMILES string of the molecule is COC1CCC(=O)C(C)C(=O)OC2(CCN(C(=O)CN(C)C(C)C)C2)CNC[C@H](C)C1. The van der Waals surface area contributed by atoms with Gasteiger partial charge in [-0.25, -0.2) is 0 Å². The van der Waals surface area contributed by atoms with E-state index in [-0.39, 0.29) is 23.8 Å². The minimum Gasteiger partial charge on any atom is -0.455 e. The van der Waals surface area contributed by atoms with Crippen molar-refractivity contribution in [2.75, 3.05) is 46.9 Å². The summed E-state index contributed by atoms with van der Waals surface area (Å²) in [5, 5.41) is 3.45. The highest BCUT2D eigenvalue weighted by Crippen LogP contribution is 2.28. The summed E-state index contributed by atoms with van der Waals surface area (Å²) in [6.07, 6.45) is 2.32. The molecule has 2 saturated heterocycles. The molecule has 0 aromatic heterocycles. The average molecular weight is 440 g/mol. The number of ether oxygens (including phenoxy) is 2. The lowest BCUT2D eigenvalue weighted by atomic mass is 9.96. The summed E-state index contributed by atoms with van der Waals surface area (Å²) in [6, 6.07) is 0.273. The highest BCUT2D eigenvalue weighted by molar-refractivity contribution is 5.98. The van der Waals surface area contributed by atoms with E-state index in [0.29, 0.717) is 51.4 Å². The maximum Gasteiger partial charge on any atom is 0.316 e. The second kappa shape index (κ2) is 11.4. The summed E-state index contributed by atoms with van der Waals surface area (Å²) in [5.41, 5.74) is -0.799. The van der Waals surface area contributed by atoms with Crippen LogP contribution in [0.1, 0.15) is 53.4 Å². The number of esters is 1. The first-order valence-electron chi connectivity index (χ1n) is 11.5. The molecule has 0 aliphatic carbocycles. The van der Waals surface area contributed by atoms with Crippen LogP contribution in [0, 0.1) is 11.8 Å². The second-order valence-electron chi connectivity index (χ2n) is 9.73. The Kier molecular flexibility index (Phi) is 9.45. The number of likely N-dealkylation sites (N-methyl/N-ethyl adjacent to an activating group) is 1. The number of nitrogens with zero attached hydrogens (tertiary/aromatic N) is 2. The zero-order valence-corrected chi connectivity index (χ0v) is 20.1. The number of rotatable bonds is 4. The molecule has 1 amide bonds. The summed E-state index contributed by atoms with van der Waals surface area (Å²) in [6.45, 7) is 10.3. The van der Waals surface area contributed by atoms with Crippen LogP contribution in [-0.2, 0) is 23.9 Å². The van der Waals surface area contributed by atoms with Gasteiger partial charge in [0.05, 0.1) is 19.2 Å². The highest BCUT2D eigenvalue weighted by Gasteiger charge is 2.44. The quantitative estimate of drug-likeness (QED) is 0.524. The third-order valence-corrected chi connectivity index (χ3v) is 6.74. The smallest absolute Gasteiger partial charge is 0.316 e. The molecule has 2 aliphatic heterocycles. The van der Waals surface area contributed by atoms with Crippen LogP contribution in [0.5, 0.6) is 0 Å². The molecule has 1 spiro atoms. The van der Waals surface area contributed by atoms with Crippen molar-refractivity contribution in [3.8, 4) is 0 Å². The number of carbonyl (C=O) groups excluding carboxylic acids is 3. The first kappa shape index (κ1) is 25.7. The lowest BCUT2D eigenvalue weighted by Crippen LogP contribution is -2.50. The predicted molar refractivity (Wildman–Crippen MR) is 119 cm³/mol. The van der Waals surface area contributed by atoms with Crippen molar-refractivity contribution >= 4 is 17.7 Å². The van der Waals surface area contributed by atoms with Crippen molar-refractivity contribution < 1.29 is 23.9 Å². The lowest BCUT2D eigenvalue weighted by molar-refractivity contribution is -0.165. The molecule has 178 valence electrons. The first-order chi connectivity index (χ1) is 14.6. The van der Waals surface area contributed by atoms with Crippen LogP contribution in [0.4, 0.5) is 0 Å². The standard InChI is InChI=1S/C23H41N3O5/c1-16(2)25(5)13-21(28)26-10-9-23(15-26)14-24-12-17(3)11-19(30-6)7-8-20(27)18(4)22(29)31-23/h16-19,24H,7-15H2,1-6H3/t17-,18?,19?,23?/m1/s1. The molecule has 8 nitrogen and oxygen atoms in total. The molecule has 0 bridgehead atoms. The first-order valence-corrected chi connectivity index (χ1v) is 11.5. The van der Waals surface area contributed by atoms with E-state index in [1.807, 2.05) is 25.8 Å².